The minimum Gasteiger partial charge on any atom is -0.493 e. The fraction of sp³-hybridized carbons (Fsp3) is 0.240. The van der Waals surface area contributed by atoms with Crippen LogP contribution in [-0.2, 0) is 13.0 Å². The van der Waals surface area contributed by atoms with Crippen molar-refractivity contribution < 1.29 is 14.3 Å². The van der Waals surface area contributed by atoms with Crippen molar-refractivity contribution in [1.29, 1.82) is 0 Å². The highest BCUT2D eigenvalue weighted by molar-refractivity contribution is 7.20. The number of hydrogen-bond donors (Lipinski definition) is 1. The topological polar surface area (TPSA) is 82.5 Å². The molecular formula is C25H24ClN3O4S. The highest BCUT2D eigenvalue weighted by atomic mass is 35.5. The van der Waals surface area contributed by atoms with Gasteiger partial charge in [-0.2, -0.15) is 0 Å². The Balaban J connectivity index is 1.50. The van der Waals surface area contributed by atoms with Crippen molar-refractivity contribution in [3.8, 4) is 11.5 Å². The van der Waals surface area contributed by atoms with E-state index >= 15 is 0 Å². The number of ether oxygens (including phenoxy) is 2. The number of nitrogens with zero attached hydrogens (tertiary/aromatic N) is 2. The largest absolute Gasteiger partial charge is 0.493 e. The molecule has 0 aliphatic carbocycles. The Labute approximate surface area is 205 Å². The van der Waals surface area contributed by atoms with Crippen LogP contribution in [0, 0.1) is 6.92 Å². The molecule has 9 heteroatoms. The van der Waals surface area contributed by atoms with Gasteiger partial charge in [-0.1, -0.05) is 35.9 Å². The van der Waals surface area contributed by atoms with Crippen LogP contribution in [0.4, 0.5) is 0 Å². The number of halogens is 1. The second-order valence-corrected chi connectivity index (χ2v) is 9.11. The Morgan fingerprint density at radius 3 is 2.65 bits per heavy atom. The predicted molar refractivity (Wildman–Crippen MR) is 135 cm³/mol. The number of aryl methyl sites for hydroxylation is 1. The third-order valence-corrected chi connectivity index (χ3v) is 7.14. The van der Waals surface area contributed by atoms with Gasteiger partial charge in [0.15, 0.2) is 11.5 Å². The molecule has 1 amide bonds. The van der Waals surface area contributed by atoms with Crippen LogP contribution >= 0.6 is 22.9 Å². The fourth-order valence-electron chi connectivity index (χ4n) is 3.74. The lowest BCUT2D eigenvalue weighted by Gasteiger charge is -2.10. The molecule has 0 saturated carbocycles. The molecule has 0 radical (unpaired) electrons. The first-order valence-electron chi connectivity index (χ1n) is 10.6. The average Bonchev–Trinajstić information content (AvgIpc) is 3.19. The molecule has 1 N–H and O–H groups in total. The minimum atomic E-state index is -0.224. The Hall–Kier alpha value is -3.36. The molecule has 0 aliphatic heterocycles. The van der Waals surface area contributed by atoms with Crippen molar-refractivity contribution in [2.45, 2.75) is 19.9 Å². The molecule has 4 rings (SSSR count). The van der Waals surface area contributed by atoms with Gasteiger partial charge in [-0.25, -0.2) is 4.98 Å². The highest BCUT2D eigenvalue weighted by Crippen LogP contribution is 2.28. The lowest BCUT2D eigenvalue weighted by Crippen LogP contribution is -2.25. The average molecular weight is 498 g/mol. The first kappa shape index (κ1) is 23.8. The summed E-state index contributed by atoms with van der Waals surface area (Å²) in [6.07, 6.45) is 2.13. The highest BCUT2D eigenvalue weighted by Gasteiger charge is 2.19. The van der Waals surface area contributed by atoms with Gasteiger partial charge in [-0.05, 0) is 48.2 Å². The molecular weight excluding hydrogens is 474 g/mol. The number of hydrogen-bond acceptors (Lipinski definition) is 6. The normalized spacial score (nSPS) is 10.9. The molecule has 0 spiro atoms. The van der Waals surface area contributed by atoms with Crippen molar-refractivity contribution in [1.82, 2.24) is 14.9 Å². The van der Waals surface area contributed by atoms with Gasteiger partial charge >= 0.3 is 0 Å². The summed E-state index contributed by atoms with van der Waals surface area (Å²) in [6.45, 7) is 2.53. The summed E-state index contributed by atoms with van der Waals surface area (Å²) in [7, 11) is 3.18. The summed E-state index contributed by atoms with van der Waals surface area (Å²) in [6, 6.07) is 13.0. The number of nitrogens with one attached hydrogen (secondary N) is 1. The van der Waals surface area contributed by atoms with Crippen LogP contribution < -0.4 is 20.3 Å². The van der Waals surface area contributed by atoms with Crippen molar-refractivity contribution >= 4 is 39.1 Å². The van der Waals surface area contributed by atoms with E-state index in [1.165, 1.54) is 22.2 Å². The van der Waals surface area contributed by atoms with E-state index in [4.69, 9.17) is 21.1 Å². The zero-order chi connectivity index (χ0) is 24.2. The van der Waals surface area contributed by atoms with Gasteiger partial charge in [-0.3, -0.25) is 14.2 Å². The van der Waals surface area contributed by atoms with Crippen LogP contribution in [0.5, 0.6) is 11.5 Å². The SMILES string of the molecule is COc1ccc(CCNC(=O)c2sc3ncn(Cc4ccccc4Cl)c(=O)c3c2C)cc1OC. The number of amides is 1. The number of carbonyl (C=O) groups is 1. The molecule has 2 aromatic heterocycles. The molecule has 2 heterocycles. The summed E-state index contributed by atoms with van der Waals surface area (Å²) in [4.78, 5) is 31.5. The minimum absolute atomic E-state index is 0.192. The third-order valence-electron chi connectivity index (χ3n) is 5.57. The number of rotatable bonds is 8. The molecule has 0 unspecified atom stereocenters. The zero-order valence-electron chi connectivity index (χ0n) is 19.1. The summed E-state index contributed by atoms with van der Waals surface area (Å²) < 4.78 is 12.1. The molecule has 4 aromatic rings. The Morgan fingerprint density at radius 2 is 1.91 bits per heavy atom. The van der Waals surface area contributed by atoms with Gasteiger partial charge in [0.25, 0.3) is 11.5 Å². The van der Waals surface area contributed by atoms with E-state index in [9.17, 15) is 9.59 Å². The van der Waals surface area contributed by atoms with Gasteiger partial charge in [0.05, 0.1) is 37.4 Å². The van der Waals surface area contributed by atoms with Crippen LogP contribution in [0.15, 0.2) is 53.6 Å². The molecule has 34 heavy (non-hydrogen) atoms. The van der Waals surface area contributed by atoms with Crippen LogP contribution in [0.25, 0.3) is 10.2 Å². The van der Waals surface area contributed by atoms with Gasteiger partial charge in [0, 0.05) is 11.6 Å². The number of fused-ring (bicyclic) bond motifs is 1. The number of thiophene rings is 1. The Morgan fingerprint density at radius 1 is 1.15 bits per heavy atom. The zero-order valence-corrected chi connectivity index (χ0v) is 20.6. The molecule has 0 fully saturated rings. The summed E-state index contributed by atoms with van der Waals surface area (Å²) in [5.74, 6) is 1.08. The van der Waals surface area contributed by atoms with Crippen LogP contribution in [0.1, 0.15) is 26.4 Å². The van der Waals surface area contributed by atoms with Crippen LogP contribution in [0.3, 0.4) is 0 Å². The van der Waals surface area contributed by atoms with Gasteiger partial charge in [-0.15, -0.1) is 11.3 Å². The summed E-state index contributed by atoms with van der Waals surface area (Å²) in [5.41, 5.74) is 2.28. The summed E-state index contributed by atoms with van der Waals surface area (Å²) in [5, 5.41) is 3.99. The van der Waals surface area contributed by atoms with E-state index in [0.717, 1.165) is 11.1 Å². The van der Waals surface area contributed by atoms with Crippen molar-refractivity contribution in [3.63, 3.8) is 0 Å². The predicted octanol–water partition coefficient (Wildman–Crippen LogP) is 4.46. The smallest absolute Gasteiger partial charge is 0.262 e. The lowest BCUT2D eigenvalue weighted by atomic mass is 10.1. The Kier molecular flexibility index (Phi) is 7.19. The van der Waals surface area contributed by atoms with E-state index in [-0.39, 0.29) is 11.5 Å². The maximum atomic E-state index is 13.1. The second kappa shape index (κ2) is 10.3. The van der Waals surface area contributed by atoms with E-state index < -0.39 is 0 Å². The van der Waals surface area contributed by atoms with Gasteiger partial charge in [0.1, 0.15) is 4.83 Å². The van der Waals surface area contributed by atoms with E-state index in [0.29, 0.717) is 56.7 Å². The van der Waals surface area contributed by atoms with Crippen LogP contribution in [0.2, 0.25) is 5.02 Å². The fourth-order valence-corrected chi connectivity index (χ4v) is 4.99. The molecule has 7 nitrogen and oxygen atoms in total. The summed E-state index contributed by atoms with van der Waals surface area (Å²) >= 11 is 7.47. The first-order chi connectivity index (χ1) is 16.4. The van der Waals surface area contributed by atoms with Crippen molar-refractivity contribution in [2.24, 2.45) is 0 Å². The molecule has 0 aliphatic rings. The molecule has 176 valence electrons. The van der Waals surface area contributed by atoms with Crippen molar-refractivity contribution in [3.05, 3.63) is 85.7 Å². The molecule has 0 saturated heterocycles. The van der Waals surface area contributed by atoms with E-state index in [1.54, 1.807) is 27.2 Å². The monoisotopic (exact) mass is 497 g/mol. The number of aromatic nitrogens is 2. The van der Waals surface area contributed by atoms with Gasteiger partial charge in [0.2, 0.25) is 0 Å². The number of benzene rings is 2. The Bertz CT molecular complexity index is 1410. The maximum absolute atomic E-state index is 13.1. The quantitative estimate of drug-likeness (QED) is 0.388. The molecule has 0 atom stereocenters. The second-order valence-electron chi connectivity index (χ2n) is 7.70. The third kappa shape index (κ3) is 4.78. The molecule has 0 bridgehead atoms. The van der Waals surface area contributed by atoms with Crippen molar-refractivity contribution in [2.75, 3.05) is 20.8 Å². The standard InChI is InChI=1S/C25H24ClN3O4S/c1-15-21-24(28-14-29(25(21)31)13-17-6-4-5-7-18(17)26)34-22(15)23(30)27-11-10-16-8-9-19(32-2)20(12-16)33-3/h4-9,12,14H,10-11,13H2,1-3H3,(H,27,30). The van der Waals surface area contributed by atoms with E-state index in [1.807, 2.05) is 36.4 Å². The van der Waals surface area contributed by atoms with Gasteiger partial charge < -0.3 is 14.8 Å². The number of carbonyl (C=O) groups excluding carboxylic acids is 1. The van der Waals surface area contributed by atoms with Crippen LogP contribution in [-0.4, -0.2) is 36.2 Å². The first-order valence-corrected chi connectivity index (χ1v) is 11.8. The van der Waals surface area contributed by atoms with E-state index in [2.05, 4.69) is 10.3 Å². The lowest BCUT2D eigenvalue weighted by molar-refractivity contribution is 0.0957. The number of methoxy groups -OCH3 is 2. The molecule has 2 aromatic carbocycles. The maximum Gasteiger partial charge on any atom is 0.262 e.